The third kappa shape index (κ3) is 3.61. The van der Waals surface area contributed by atoms with Crippen LogP contribution in [-0.4, -0.2) is 28.3 Å². The van der Waals surface area contributed by atoms with Crippen LogP contribution in [0.5, 0.6) is 0 Å². The maximum absolute atomic E-state index is 5.53. The van der Waals surface area contributed by atoms with Crippen LogP contribution in [0.4, 0.5) is 0 Å². The molecule has 1 N–H and O–H groups in total. The van der Waals surface area contributed by atoms with Crippen LogP contribution in [0.25, 0.3) is 11.6 Å². The molecule has 0 aromatic carbocycles. The normalized spacial score (nSPS) is 10.9. The number of nitrogens with one attached hydrogen (secondary N) is 1. The Bertz CT molecular complexity index is 426. The summed E-state index contributed by atoms with van der Waals surface area (Å²) in [7, 11) is 0. The van der Waals surface area contributed by atoms with E-state index in [0.717, 1.165) is 38.0 Å². The first-order valence-electron chi connectivity index (χ1n) is 5.82. The Balaban J connectivity index is 1.79. The second kappa shape index (κ2) is 6.46. The van der Waals surface area contributed by atoms with Crippen LogP contribution in [0.3, 0.4) is 0 Å². The Morgan fingerprint density at radius 3 is 3.06 bits per heavy atom. The van der Waals surface area contributed by atoms with Crippen LogP contribution < -0.4 is 5.32 Å². The first-order valence-corrected chi connectivity index (χ1v) is 6.76. The maximum atomic E-state index is 5.53. The van der Waals surface area contributed by atoms with Gasteiger partial charge in [0.2, 0.25) is 5.89 Å². The molecule has 2 heterocycles. The summed E-state index contributed by atoms with van der Waals surface area (Å²) in [6.07, 6.45) is 2.99. The zero-order valence-electron chi connectivity index (χ0n) is 9.85. The van der Waals surface area contributed by atoms with Crippen molar-refractivity contribution in [2.75, 3.05) is 13.1 Å². The number of rotatable bonds is 7. The van der Waals surface area contributed by atoms with Gasteiger partial charge in [0.1, 0.15) is 5.69 Å². The van der Waals surface area contributed by atoms with Gasteiger partial charge in [-0.2, -0.15) is 0 Å². The number of hydrogen-bond acceptors (Lipinski definition) is 6. The maximum Gasteiger partial charge on any atom is 0.267 e. The molecule has 0 aliphatic rings. The van der Waals surface area contributed by atoms with Gasteiger partial charge in [0.15, 0.2) is 0 Å². The van der Waals surface area contributed by atoms with Gasteiger partial charge in [-0.15, -0.1) is 21.5 Å². The minimum atomic E-state index is 0.516. The lowest BCUT2D eigenvalue weighted by atomic mass is 10.3. The minimum absolute atomic E-state index is 0.516. The topological polar surface area (TPSA) is 63.8 Å². The zero-order chi connectivity index (χ0) is 11.9. The lowest BCUT2D eigenvalue weighted by Gasteiger charge is -1.99. The molecule has 0 atom stereocenters. The summed E-state index contributed by atoms with van der Waals surface area (Å²) >= 11 is 1.52. The van der Waals surface area contributed by atoms with Crippen molar-refractivity contribution in [3.63, 3.8) is 0 Å². The van der Waals surface area contributed by atoms with Crippen molar-refractivity contribution in [1.82, 2.24) is 20.5 Å². The molecule has 0 spiro atoms. The molecule has 0 amide bonds. The average molecular weight is 252 g/mol. The lowest BCUT2D eigenvalue weighted by Crippen LogP contribution is -2.16. The summed E-state index contributed by atoms with van der Waals surface area (Å²) in [5.41, 5.74) is 2.52. The Morgan fingerprint density at radius 2 is 2.29 bits per heavy atom. The standard InChI is InChI=1S/C11H16N4OS/c1-2-5-12-6-3-4-10-14-15-11(16-10)9-7-17-8-13-9/h7-8,12H,2-6H2,1H3. The molecule has 0 radical (unpaired) electrons. The van der Waals surface area contributed by atoms with Crippen molar-refractivity contribution in [2.45, 2.75) is 26.2 Å². The van der Waals surface area contributed by atoms with Gasteiger partial charge in [0.05, 0.1) is 5.51 Å². The quantitative estimate of drug-likeness (QED) is 0.765. The third-order valence-corrected chi connectivity index (χ3v) is 2.88. The van der Waals surface area contributed by atoms with Gasteiger partial charge in [0.25, 0.3) is 5.89 Å². The van der Waals surface area contributed by atoms with E-state index in [0.29, 0.717) is 11.8 Å². The molecule has 2 aromatic heterocycles. The summed E-state index contributed by atoms with van der Waals surface area (Å²) in [5, 5.41) is 13.2. The number of aromatic nitrogens is 3. The van der Waals surface area contributed by atoms with E-state index in [9.17, 15) is 0 Å². The second-order valence-corrected chi connectivity index (χ2v) is 4.45. The predicted octanol–water partition coefficient (Wildman–Crippen LogP) is 2.13. The van der Waals surface area contributed by atoms with Gasteiger partial charge in [-0.3, -0.25) is 0 Å². The molecule has 0 saturated heterocycles. The first-order chi connectivity index (χ1) is 8.40. The van der Waals surface area contributed by atoms with Crippen LogP contribution in [-0.2, 0) is 6.42 Å². The molecular formula is C11H16N4OS. The molecule has 2 aromatic rings. The van der Waals surface area contributed by atoms with Crippen molar-refractivity contribution in [3.05, 3.63) is 16.8 Å². The largest absolute Gasteiger partial charge is 0.419 e. The van der Waals surface area contributed by atoms with Crippen LogP contribution >= 0.6 is 11.3 Å². The number of thiazole rings is 1. The van der Waals surface area contributed by atoms with E-state index in [4.69, 9.17) is 4.42 Å². The Morgan fingerprint density at radius 1 is 1.35 bits per heavy atom. The molecular weight excluding hydrogens is 236 g/mol. The average Bonchev–Trinajstić information content (AvgIpc) is 2.99. The van der Waals surface area contributed by atoms with Gasteiger partial charge < -0.3 is 9.73 Å². The fourth-order valence-electron chi connectivity index (χ4n) is 1.44. The van der Waals surface area contributed by atoms with Gasteiger partial charge in [-0.1, -0.05) is 6.92 Å². The summed E-state index contributed by atoms with van der Waals surface area (Å²) in [6, 6.07) is 0. The van der Waals surface area contributed by atoms with Crippen molar-refractivity contribution in [2.24, 2.45) is 0 Å². The second-order valence-electron chi connectivity index (χ2n) is 3.73. The lowest BCUT2D eigenvalue weighted by molar-refractivity contribution is 0.490. The van der Waals surface area contributed by atoms with E-state index >= 15 is 0 Å². The fraction of sp³-hybridized carbons (Fsp3) is 0.545. The third-order valence-electron chi connectivity index (χ3n) is 2.29. The summed E-state index contributed by atoms with van der Waals surface area (Å²) < 4.78 is 5.53. The highest BCUT2D eigenvalue weighted by atomic mass is 32.1. The number of nitrogens with zero attached hydrogens (tertiary/aromatic N) is 3. The van der Waals surface area contributed by atoms with Crippen molar-refractivity contribution in [3.8, 4) is 11.6 Å². The Labute approximate surface area is 104 Å². The SMILES string of the molecule is CCCNCCCc1nnc(-c2cscn2)o1. The minimum Gasteiger partial charge on any atom is -0.419 e. The highest BCUT2D eigenvalue weighted by Gasteiger charge is 2.09. The van der Waals surface area contributed by atoms with Crippen LogP contribution in [0.15, 0.2) is 15.3 Å². The summed E-state index contributed by atoms with van der Waals surface area (Å²) in [6.45, 7) is 4.21. The monoisotopic (exact) mass is 252 g/mol. The van der Waals surface area contributed by atoms with Gasteiger partial charge >= 0.3 is 0 Å². The van der Waals surface area contributed by atoms with E-state index < -0.39 is 0 Å². The molecule has 0 unspecified atom stereocenters. The molecule has 17 heavy (non-hydrogen) atoms. The molecule has 0 aliphatic heterocycles. The predicted molar refractivity (Wildman–Crippen MR) is 66.9 cm³/mol. The molecule has 0 aliphatic carbocycles. The van der Waals surface area contributed by atoms with Crippen LogP contribution in [0.2, 0.25) is 0 Å². The Hall–Kier alpha value is -1.27. The molecule has 2 rings (SSSR count). The van der Waals surface area contributed by atoms with Gasteiger partial charge in [0, 0.05) is 11.8 Å². The van der Waals surface area contributed by atoms with Crippen LogP contribution in [0, 0.1) is 0 Å². The smallest absolute Gasteiger partial charge is 0.267 e. The number of aryl methyl sites for hydroxylation is 1. The van der Waals surface area contributed by atoms with Crippen molar-refractivity contribution >= 4 is 11.3 Å². The number of hydrogen-bond donors (Lipinski definition) is 1. The first kappa shape index (κ1) is 12.2. The zero-order valence-corrected chi connectivity index (χ0v) is 10.7. The Kier molecular flexibility index (Phi) is 4.63. The van der Waals surface area contributed by atoms with Gasteiger partial charge in [-0.05, 0) is 25.9 Å². The molecule has 0 saturated carbocycles. The van der Waals surface area contributed by atoms with Crippen molar-refractivity contribution < 1.29 is 4.42 Å². The molecule has 0 fully saturated rings. The van der Waals surface area contributed by atoms with E-state index in [1.54, 1.807) is 5.51 Å². The highest BCUT2D eigenvalue weighted by molar-refractivity contribution is 7.07. The van der Waals surface area contributed by atoms with E-state index in [2.05, 4.69) is 27.4 Å². The van der Waals surface area contributed by atoms with Gasteiger partial charge in [-0.25, -0.2) is 4.98 Å². The molecule has 0 bridgehead atoms. The molecule has 6 heteroatoms. The van der Waals surface area contributed by atoms with Crippen molar-refractivity contribution in [1.29, 1.82) is 0 Å². The summed E-state index contributed by atoms with van der Waals surface area (Å²) in [5.74, 6) is 1.20. The fourth-order valence-corrected chi connectivity index (χ4v) is 1.97. The molecule has 92 valence electrons. The molecule has 5 nitrogen and oxygen atoms in total. The highest BCUT2D eigenvalue weighted by Crippen LogP contribution is 2.17. The van der Waals surface area contributed by atoms with Crippen LogP contribution in [0.1, 0.15) is 25.7 Å². The van der Waals surface area contributed by atoms with E-state index in [1.807, 2.05) is 5.38 Å². The van der Waals surface area contributed by atoms with E-state index in [1.165, 1.54) is 11.3 Å². The van der Waals surface area contributed by atoms with E-state index in [-0.39, 0.29) is 0 Å². The summed E-state index contributed by atoms with van der Waals surface area (Å²) in [4.78, 5) is 4.13.